The van der Waals surface area contributed by atoms with Gasteiger partial charge in [-0.2, -0.15) is 0 Å². The number of rotatable bonds is 2. The lowest BCUT2D eigenvalue weighted by Crippen LogP contribution is -2.44. The van der Waals surface area contributed by atoms with Crippen molar-refractivity contribution in [3.05, 3.63) is 35.4 Å². The first-order chi connectivity index (χ1) is 9.47. The third-order valence-corrected chi connectivity index (χ3v) is 3.85. The number of hydrogen-bond acceptors (Lipinski definition) is 1. The van der Waals surface area contributed by atoms with Gasteiger partial charge in [-0.25, -0.2) is 13.6 Å². The molecule has 1 fully saturated rings. The Morgan fingerprint density at radius 3 is 2.55 bits per heavy atom. The first-order valence-electron chi connectivity index (χ1n) is 6.97. The molecule has 20 heavy (non-hydrogen) atoms. The lowest BCUT2D eigenvalue weighted by atomic mass is 9.99. The summed E-state index contributed by atoms with van der Waals surface area (Å²) < 4.78 is 26.1. The number of likely N-dealkylation sites (tertiary alicyclic amines) is 1. The van der Waals surface area contributed by atoms with Crippen molar-refractivity contribution in [1.29, 1.82) is 0 Å². The van der Waals surface area contributed by atoms with Crippen molar-refractivity contribution in [2.75, 3.05) is 13.1 Å². The van der Waals surface area contributed by atoms with Crippen LogP contribution in [0, 0.1) is 17.6 Å². The molecule has 110 valence electrons. The van der Waals surface area contributed by atoms with Crippen LogP contribution < -0.4 is 5.32 Å². The van der Waals surface area contributed by atoms with E-state index in [0.29, 0.717) is 11.5 Å². The van der Waals surface area contributed by atoms with E-state index in [4.69, 9.17) is 0 Å². The van der Waals surface area contributed by atoms with Crippen LogP contribution in [-0.2, 0) is 0 Å². The zero-order valence-corrected chi connectivity index (χ0v) is 11.8. The van der Waals surface area contributed by atoms with E-state index in [1.54, 1.807) is 11.8 Å². The van der Waals surface area contributed by atoms with Crippen LogP contribution in [0.5, 0.6) is 0 Å². The van der Waals surface area contributed by atoms with Crippen molar-refractivity contribution in [2.24, 2.45) is 5.92 Å². The molecular weight excluding hydrogens is 262 g/mol. The van der Waals surface area contributed by atoms with Gasteiger partial charge in [-0.05, 0) is 43.4 Å². The molecule has 1 heterocycles. The number of nitrogens with zero attached hydrogens (tertiary/aromatic N) is 1. The van der Waals surface area contributed by atoms with Gasteiger partial charge in [-0.15, -0.1) is 0 Å². The minimum atomic E-state index is -0.893. The number of carbonyl (C=O) groups is 1. The van der Waals surface area contributed by atoms with Gasteiger partial charge in [0.25, 0.3) is 0 Å². The van der Waals surface area contributed by atoms with E-state index in [1.165, 1.54) is 6.07 Å². The predicted octanol–water partition coefficient (Wildman–Crippen LogP) is 3.47. The monoisotopic (exact) mass is 282 g/mol. The Bertz CT molecular complexity index is 485. The second-order valence-electron chi connectivity index (χ2n) is 5.51. The number of carbonyl (C=O) groups excluding carboxylic acids is 1. The summed E-state index contributed by atoms with van der Waals surface area (Å²) >= 11 is 0. The van der Waals surface area contributed by atoms with E-state index in [-0.39, 0.29) is 12.1 Å². The van der Waals surface area contributed by atoms with Crippen molar-refractivity contribution in [1.82, 2.24) is 10.2 Å². The number of halogens is 2. The van der Waals surface area contributed by atoms with Crippen molar-refractivity contribution in [3.63, 3.8) is 0 Å². The summed E-state index contributed by atoms with van der Waals surface area (Å²) in [6, 6.07) is 3.20. The molecule has 0 aliphatic carbocycles. The molecule has 1 aromatic carbocycles. The van der Waals surface area contributed by atoms with E-state index in [0.717, 1.165) is 38.1 Å². The average Bonchev–Trinajstić information content (AvgIpc) is 2.42. The van der Waals surface area contributed by atoms with Crippen LogP contribution in [0.1, 0.15) is 38.3 Å². The molecular formula is C15H20F2N2O. The molecule has 5 heteroatoms. The van der Waals surface area contributed by atoms with Gasteiger partial charge < -0.3 is 10.2 Å². The summed E-state index contributed by atoms with van der Waals surface area (Å²) in [6.07, 6.45) is 2.01. The van der Waals surface area contributed by atoms with E-state index in [1.807, 2.05) is 0 Å². The Morgan fingerprint density at radius 1 is 1.30 bits per heavy atom. The number of piperidine rings is 1. The number of hydrogen-bond donors (Lipinski definition) is 1. The molecule has 0 bridgehead atoms. The van der Waals surface area contributed by atoms with Gasteiger partial charge in [0, 0.05) is 13.1 Å². The highest BCUT2D eigenvalue weighted by Crippen LogP contribution is 2.19. The Morgan fingerprint density at radius 2 is 1.95 bits per heavy atom. The Hall–Kier alpha value is -1.65. The maximum Gasteiger partial charge on any atom is 0.317 e. The Kier molecular flexibility index (Phi) is 4.57. The summed E-state index contributed by atoms with van der Waals surface area (Å²) in [6.45, 7) is 5.44. The molecule has 1 atom stereocenters. The smallest absolute Gasteiger partial charge is 0.317 e. The first-order valence-corrected chi connectivity index (χ1v) is 6.97. The Balaban J connectivity index is 1.95. The maximum absolute atomic E-state index is 13.2. The lowest BCUT2D eigenvalue weighted by Gasteiger charge is -2.31. The topological polar surface area (TPSA) is 32.3 Å². The van der Waals surface area contributed by atoms with Gasteiger partial charge >= 0.3 is 6.03 Å². The van der Waals surface area contributed by atoms with Crippen LogP contribution in [0.15, 0.2) is 18.2 Å². The maximum atomic E-state index is 13.2. The van der Waals surface area contributed by atoms with E-state index in [2.05, 4.69) is 12.2 Å². The highest BCUT2D eigenvalue weighted by Gasteiger charge is 2.21. The molecule has 2 rings (SSSR count). The third-order valence-electron chi connectivity index (χ3n) is 3.85. The fraction of sp³-hybridized carbons (Fsp3) is 0.533. The highest BCUT2D eigenvalue weighted by molar-refractivity contribution is 5.74. The van der Waals surface area contributed by atoms with Crippen LogP contribution >= 0.6 is 0 Å². The summed E-state index contributed by atoms with van der Waals surface area (Å²) in [5.74, 6) is -1.12. The summed E-state index contributed by atoms with van der Waals surface area (Å²) in [5.41, 5.74) is 0.558. The van der Waals surface area contributed by atoms with Crippen LogP contribution in [0.2, 0.25) is 0 Å². The fourth-order valence-electron chi connectivity index (χ4n) is 2.35. The summed E-state index contributed by atoms with van der Waals surface area (Å²) in [7, 11) is 0. The van der Waals surface area contributed by atoms with Gasteiger partial charge in [0.05, 0.1) is 6.04 Å². The molecule has 0 aromatic heterocycles. The molecule has 1 aliphatic heterocycles. The SMILES string of the molecule is CC1CCN(C(=O)NC(C)c2ccc(F)c(F)c2)CC1. The van der Waals surface area contributed by atoms with Crippen molar-refractivity contribution in [3.8, 4) is 0 Å². The number of urea groups is 1. The van der Waals surface area contributed by atoms with Crippen molar-refractivity contribution < 1.29 is 13.6 Å². The molecule has 1 saturated heterocycles. The first kappa shape index (κ1) is 14.8. The second kappa shape index (κ2) is 6.20. The van der Waals surface area contributed by atoms with Gasteiger partial charge in [0.2, 0.25) is 0 Å². The number of amides is 2. The van der Waals surface area contributed by atoms with Crippen LogP contribution in [0.25, 0.3) is 0 Å². The quantitative estimate of drug-likeness (QED) is 0.885. The Labute approximate surface area is 118 Å². The molecule has 2 amide bonds. The van der Waals surface area contributed by atoms with Crippen LogP contribution in [0.3, 0.4) is 0 Å². The zero-order chi connectivity index (χ0) is 14.7. The number of nitrogens with one attached hydrogen (secondary N) is 1. The molecule has 0 spiro atoms. The molecule has 1 aliphatic rings. The lowest BCUT2D eigenvalue weighted by molar-refractivity contribution is 0.171. The minimum absolute atomic E-state index is 0.144. The molecule has 0 saturated carbocycles. The number of benzene rings is 1. The second-order valence-corrected chi connectivity index (χ2v) is 5.51. The largest absolute Gasteiger partial charge is 0.331 e. The van der Waals surface area contributed by atoms with E-state index < -0.39 is 11.6 Å². The molecule has 1 N–H and O–H groups in total. The average molecular weight is 282 g/mol. The standard InChI is InChI=1S/C15H20F2N2O/c1-10-5-7-19(8-6-10)15(20)18-11(2)12-3-4-13(16)14(17)9-12/h3-4,9-11H,5-8H2,1-2H3,(H,18,20). The summed E-state index contributed by atoms with van der Waals surface area (Å²) in [4.78, 5) is 13.9. The van der Waals surface area contributed by atoms with Gasteiger partial charge in [0.1, 0.15) is 0 Å². The minimum Gasteiger partial charge on any atom is -0.331 e. The molecule has 0 radical (unpaired) electrons. The van der Waals surface area contributed by atoms with Gasteiger partial charge in [-0.1, -0.05) is 13.0 Å². The molecule has 3 nitrogen and oxygen atoms in total. The van der Waals surface area contributed by atoms with Crippen molar-refractivity contribution in [2.45, 2.75) is 32.7 Å². The molecule has 1 aromatic rings. The van der Waals surface area contributed by atoms with Gasteiger partial charge in [0.15, 0.2) is 11.6 Å². The van der Waals surface area contributed by atoms with Crippen LogP contribution in [0.4, 0.5) is 13.6 Å². The predicted molar refractivity (Wildman–Crippen MR) is 73.3 cm³/mol. The van der Waals surface area contributed by atoms with Gasteiger partial charge in [-0.3, -0.25) is 0 Å². The fourth-order valence-corrected chi connectivity index (χ4v) is 2.35. The molecule has 1 unspecified atom stereocenters. The zero-order valence-electron chi connectivity index (χ0n) is 11.8. The summed E-state index contributed by atoms with van der Waals surface area (Å²) in [5, 5.41) is 2.83. The van der Waals surface area contributed by atoms with E-state index >= 15 is 0 Å². The van der Waals surface area contributed by atoms with E-state index in [9.17, 15) is 13.6 Å². The third kappa shape index (κ3) is 3.46. The highest BCUT2D eigenvalue weighted by atomic mass is 19.2. The normalized spacial score (nSPS) is 17.9. The van der Waals surface area contributed by atoms with Crippen LogP contribution in [-0.4, -0.2) is 24.0 Å². The van der Waals surface area contributed by atoms with Crippen molar-refractivity contribution >= 4 is 6.03 Å².